The molecule has 0 N–H and O–H groups in total. The number of hydrogen-bond acceptors (Lipinski definition) is 5. The molecule has 4 rings (SSSR count). The van der Waals surface area contributed by atoms with Gasteiger partial charge in [0.2, 0.25) is 0 Å². The maximum Gasteiger partial charge on any atom is 0.192 e. The summed E-state index contributed by atoms with van der Waals surface area (Å²) < 4.78 is 25.8. The van der Waals surface area contributed by atoms with Crippen LogP contribution in [0.15, 0.2) is 60.7 Å². The van der Waals surface area contributed by atoms with E-state index >= 15 is 0 Å². The Kier molecular flexibility index (Phi) is 7.91. The lowest BCUT2D eigenvalue weighted by atomic mass is 9.84. The van der Waals surface area contributed by atoms with Crippen molar-refractivity contribution in [2.75, 3.05) is 13.2 Å². The first-order valence-corrected chi connectivity index (χ1v) is 15.8. The fourth-order valence-electron chi connectivity index (χ4n) is 4.73. The molecule has 0 aromatic heterocycles. The largest absolute Gasteiger partial charge is 0.415 e. The Hall–Kier alpha value is -1.54. The molecule has 0 unspecified atom stereocenters. The van der Waals surface area contributed by atoms with Crippen LogP contribution in [-0.2, 0) is 31.8 Å². The third-order valence-corrected chi connectivity index (χ3v) is 12.4. The summed E-state index contributed by atoms with van der Waals surface area (Å²) in [6.45, 7) is 18.1. The van der Waals surface area contributed by atoms with Gasteiger partial charge in [-0.2, -0.15) is 0 Å². The molecule has 5 nitrogen and oxygen atoms in total. The first-order chi connectivity index (χ1) is 16.5. The summed E-state index contributed by atoms with van der Waals surface area (Å²) in [5.41, 5.74) is 2.47. The zero-order valence-corrected chi connectivity index (χ0v) is 23.5. The predicted octanol–water partition coefficient (Wildman–Crippen LogP) is 6.00. The summed E-state index contributed by atoms with van der Waals surface area (Å²) in [6.07, 6.45) is -0.0372. The molecule has 2 heterocycles. The maximum absolute atomic E-state index is 6.75. The summed E-state index contributed by atoms with van der Waals surface area (Å²) in [5.74, 6) is -0.574. The zero-order valence-electron chi connectivity index (χ0n) is 22.5. The number of benzene rings is 2. The smallest absolute Gasteiger partial charge is 0.192 e. The summed E-state index contributed by atoms with van der Waals surface area (Å²) in [6, 6.07) is 21.3. The molecule has 4 atom stereocenters. The van der Waals surface area contributed by atoms with Crippen molar-refractivity contribution < 1.29 is 18.6 Å². The average Bonchev–Trinajstić information content (AvgIpc) is 3.15. The summed E-state index contributed by atoms with van der Waals surface area (Å²) in [4.78, 5) is 2.52. The average molecular weight is 498 g/mol. The van der Waals surface area contributed by atoms with E-state index in [2.05, 4.69) is 93.4 Å². The van der Waals surface area contributed by atoms with E-state index in [0.717, 1.165) is 6.54 Å². The van der Waals surface area contributed by atoms with E-state index in [9.17, 15) is 0 Å². The quantitative estimate of drug-likeness (QED) is 0.398. The molecular formula is C29H43NO4Si. The highest BCUT2D eigenvalue weighted by atomic mass is 28.4. The Labute approximate surface area is 212 Å². The SMILES string of the molecule is CC1(C)OC[C@H]([C@@H]2[C@H](OCc3ccccc3)[C@@H](CO[Si](C)(C)C(C)(C)C)N2Cc2ccccc2)O1. The minimum Gasteiger partial charge on any atom is -0.415 e. The van der Waals surface area contributed by atoms with Gasteiger partial charge in [0.15, 0.2) is 14.1 Å². The Morgan fingerprint density at radius 3 is 2.11 bits per heavy atom. The van der Waals surface area contributed by atoms with Gasteiger partial charge in [0, 0.05) is 6.54 Å². The van der Waals surface area contributed by atoms with Crippen LogP contribution in [0.3, 0.4) is 0 Å². The van der Waals surface area contributed by atoms with Gasteiger partial charge < -0.3 is 18.6 Å². The lowest BCUT2D eigenvalue weighted by Crippen LogP contribution is -2.73. The van der Waals surface area contributed by atoms with E-state index in [1.807, 2.05) is 19.9 Å². The van der Waals surface area contributed by atoms with Crippen LogP contribution < -0.4 is 0 Å². The van der Waals surface area contributed by atoms with Crippen molar-refractivity contribution >= 4 is 8.32 Å². The lowest BCUT2D eigenvalue weighted by Gasteiger charge is -2.57. The normalized spacial score (nSPS) is 27.1. The van der Waals surface area contributed by atoms with Gasteiger partial charge in [0.25, 0.3) is 0 Å². The number of hydrogen-bond donors (Lipinski definition) is 0. The topological polar surface area (TPSA) is 40.2 Å². The number of ether oxygens (including phenoxy) is 3. The molecule has 192 valence electrons. The molecule has 2 aliphatic rings. The second kappa shape index (κ2) is 10.4. The van der Waals surface area contributed by atoms with E-state index in [1.165, 1.54) is 11.1 Å². The van der Waals surface area contributed by atoms with Gasteiger partial charge in [-0.05, 0) is 43.1 Å². The molecule has 0 spiro atoms. The fourth-order valence-corrected chi connectivity index (χ4v) is 5.75. The van der Waals surface area contributed by atoms with Gasteiger partial charge in [-0.1, -0.05) is 81.4 Å². The zero-order chi connectivity index (χ0) is 25.3. The van der Waals surface area contributed by atoms with E-state index in [1.54, 1.807) is 0 Å². The Balaban J connectivity index is 1.58. The van der Waals surface area contributed by atoms with Gasteiger partial charge in [-0.25, -0.2) is 0 Å². The third kappa shape index (κ3) is 6.24. The summed E-state index contributed by atoms with van der Waals surface area (Å²) >= 11 is 0. The summed E-state index contributed by atoms with van der Waals surface area (Å²) in [7, 11) is -1.90. The van der Waals surface area contributed by atoms with Gasteiger partial charge >= 0.3 is 0 Å². The predicted molar refractivity (Wildman–Crippen MR) is 143 cm³/mol. The van der Waals surface area contributed by atoms with Gasteiger partial charge in [0.1, 0.15) is 6.10 Å². The molecule has 2 saturated heterocycles. The Bertz CT molecular complexity index is 944. The van der Waals surface area contributed by atoms with Gasteiger partial charge in [0.05, 0.1) is 38.0 Å². The summed E-state index contributed by atoms with van der Waals surface area (Å²) in [5, 5.41) is 0.160. The Morgan fingerprint density at radius 2 is 1.57 bits per heavy atom. The molecule has 0 aliphatic carbocycles. The molecular weight excluding hydrogens is 454 g/mol. The molecule has 6 heteroatoms. The fraction of sp³-hybridized carbons (Fsp3) is 0.586. The van der Waals surface area contributed by atoms with E-state index in [-0.39, 0.29) is 29.3 Å². The first-order valence-electron chi connectivity index (χ1n) is 12.9. The highest BCUT2D eigenvalue weighted by Crippen LogP contribution is 2.41. The van der Waals surface area contributed by atoms with Crippen molar-refractivity contribution in [3.63, 3.8) is 0 Å². The molecule has 2 aliphatic heterocycles. The van der Waals surface area contributed by atoms with Crippen LogP contribution in [-0.4, -0.2) is 56.5 Å². The van der Waals surface area contributed by atoms with Crippen LogP contribution in [0.4, 0.5) is 0 Å². The van der Waals surface area contributed by atoms with Crippen LogP contribution in [0, 0.1) is 0 Å². The molecule has 2 fully saturated rings. The van der Waals surface area contributed by atoms with Crippen molar-refractivity contribution in [1.29, 1.82) is 0 Å². The minimum atomic E-state index is -1.90. The van der Waals surface area contributed by atoms with Crippen LogP contribution in [0.1, 0.15) is 45.7 Å². The monoisotopic (exact) mass is 497 g/mol. The van der Waals surface area contributed by atoms with Crippen molar-refractivity contribution in [3.8, 4) is 0 Å². The van der Waals surface area contributed by atoms with E-state index < -0.39 is 14.1 Å². The van der Waals surface area contributed by atoms with Crippen LogP contribution in [0.2, 0.25) is 18.1 Å². The molecule has 0 amide bonds. The standard InChI is InChI=1S/C29H43NO4Si/c1-28(2,3)35(6,7)33-20-24-27(31-19-23-16-12-9-13-17-23)26(25-21-32-29(4,5)34-25)30(24)18-22-14-10-8-11-15-22/h8-17,24-27H,18-21H2,1-7H3/t24-,25-,26-,27-/m1/s1. The molecule has 2 aromatic carbocycles. The van der Waals surface area contributed by atoms with Crippen molar-refractivity contribution in [2.24, 2.45) is 0 Å². The number of rotatable bonds is 9. The molecule has 0 saturated carbocycles. The van der Waals surface area contributed by atoms with Crippen LogP contribution >= 0.6 is 0 Å². The molecule has 35 heavy (non-hydrogen) atoms. The first kappa shape index (κ1) is 26.5. The van der Waals surface area contributed by atoms with Gasteiger partial charge in [-0.3, -0.25) is 4.90 Å². The van der Waals surface area contributed by atoms with Crippen molar-refractivity contribution in [1.82, 2.24) is 4.90 Å². The highest BCUT2D eigenvalue weighted by Gasteiger charge is 2.56. The third-order valence-electron chi connectivity index (χ3n) is 7.85. The van der Waals surface area contributed by atoms with Crippen molar-refractivity contribution in [2.45, 2.75) is 96.0 Å². The number of likely N-dealkylation sites (tertiary alicyclic amines) is 1. The molecule has 2 aromatic rings. The van der Waals surface area contributed by atoms with Crippen molar-refractivity contribution in [3.05, 3.63) is 71.8 Å². The lowest BCUT2D eigenvalue weighted by molar-refractivity contribution is -0.217. The second-order valence-electron chi connectivity index (χ2n) is 11.9. The maximum atomic E-state index is 6.75. The minimum absolute atomic E-state index is 0.00573. The van der Waals surface area contributed by atoms with Gasteiger partial charge in [-0.15, -0.1) is 0 Å². The number of nitrogens with zero attached hydrogens (tertiary/aromatic N) is 1. The van der Waals surface area contributed by atoms with Crippen LogP contribution in [0.25, 0.3) is 0 Å². The van der Waals surface area contributed by atoms with Crippen LogP contribution in [0.5, 0.6) is 0 Å². The molecule has 0 radical (unpaired) electrons. The second-order valence-corrected chi connectivity index (χ2v) is 16.7. The van der Waals surface area contributed by atoms with E-state index in [0.29, 0.717) is 19.8 Å². The highest BCUT2D eigenvalue weighted by molar-refractivity contribution is 6.74. The molecule has 0 bridgehead atoms. The van der Waals surface area contributed by atoms with E-state index in [4.69, 9.17) is 18.6 Å². The Morgan fingerprint density at radius 1 is 0.971 bits per heavy atom.